The second-order valence-corrected chi connectivity index (χ2v) is 6.23. The Kier molecular flexibility index (Phi) is 4.42. The highest BCUT2D eigenvalue weighted by Crippen LogP contribution is 2.32. The van der Waals surface area contributed by atoms with Gasteiger partial charge in [-0.25, -0.2) is 9.78 Å². The van der Waals surface area contributed by atoms with Gasteiger partial charge in [-0.05, 0) is 45.2 Å². The van der Waals surface area contributed by atoms with E-state index in [0.717, 1.165) is 12.8 Å². The minimum Gasteiger partial charge on any atom is -0.444 e. The quantitative estimate of drug-likeness (QED) is 0.903. The maximum absolute atomic E-state index is 11.7. The number of hydrogen-bond donors (Lipinski definition) is 1. The number of carbonyl (C=O) groups is 1. The summed E-state index contributed by atoms with van der Waals surface area (Å²) in [4.78, 5) is 24.0. The molecule has 0 atom stereocenters. The zero-order valence-electron chi connectivity index (χ0n) is 11.9. The number of aromatic nitrogens is 3. The Labute approximate surface area is 123 Å². The largest absolute Gasteiger partial charge is 0.444 e. The summed E-state index contributed by atoms with van der Waals surface area (Å²) in [5, 5.41) is 2.59. The van der Waals surface area contributed by atoms with Crippen LogP contribution in [0.25, 0.3) is 0 Å². The molecule has 1 aliphatic rings. The molecule has 1 aliphatic carbocycles. The van der Waals surface area contributed by atoms with Gasteiger partial charge in [0.25, 0.3) is 0 Å². The highest BCUT2D eigenvalue weighted by Gasteiger charge is 2.22. The minimum atomic E-state index is -0.600. The smallest absolute Gasteiger partial charge is 0.414 e. The van der Waals surface area contributed by atoms with Crippen LogP contribution in [0.2, 0.25) is 5.28 Å². The van der Waals surface area contributed by atoms with Gasteiger partial charge in [-0.1, -0.05) is 12.8 Å². The molecule has 0 aliphatic heterocycles. The second-order valence-electron chi connectivity index (χ2n) is 5.89. The summed E-state index contributed by atoms with van der Waals surface area (Å²) in [6, 6.07) is 0. The Bertz CT molecular complexity index is 496. The van der Waals surface area contributed by atoms with Crippen molar-refractivity contribution >= 4 is 23.6 Å². The van der Waals surface area contributed by atoms with E-state index in [1.165, 1.54) is 12.8 Å². The van der Waals surface area contributed by atoms with Gasteiger partial charge in [0, 0.05) is 5.92 Å². The standard InChI is InChI=1S/C13H19ClN4O2/c1-13(2,3)20-12(19)18-11-16-9(15-10(14)17-11)8-6-4-5-7-8/h8H,4-7H2,1-3H3,(H,15,16,17,18,19). The molecule has 1 aromatic heterocycles. The van der Waals surface area contributed by atoms with E-state index < -0.39 is 11.7 Å². The van der Waals surface area contributed by atoms with Crippen LogP contribution in [0, 0.1) is 0 Å². The third kappa shape index (κ3) is 4.30. The first kappa shape index (κ1) is 15.0. The third-order valence-electron chi connectivity index (χ3n) is 2.96. The molecule has 2 rings (SSSR count). The molecule has 0 unspecified atom stereocenters. The third-order valence-corrected chi connectivity index (χ3v) is 3.13. The van der Waals surface area contributed by atoms with Gasteiger partial charge in [0.2, 0.25) is 11.2 Å². The second kappa shape index (κ2) is 5.91. The first-order valence-electron chi connectivity index (χ1n) is 6.75. The highest BCUT2D eigenvalue weighted by molar-refractivity contribution is 6.28. The van der Waals surface area contributed by atoms with Crippen molar-refractivity contribution in [3.8, 4) is 0 Å². The summed E-state index contributed by atoms with van der Waals surface area (Å²) in [6.45, 7) is 5.37. The van der Waals surface area contributed by atoms with E-state index in [1.54, 1.807) is 20.8 Å². The normalized spacial score (nSPS) is 16.2. The molecule has 1 saturated carbocycles. The lowest BCUT2D eigenvalue weighted by molar-refractivity contribution is 0.0634. The fraction of sp³-hybridized carbons (Fsp3) is 0.692. The Morgan fingerprint density at radius 2 is 1.90 bits per heavy atom. The number of nitrogens with one attached hydrogen (secondary N) is 1. The van der Waals surface area contributed by atoms with Gasteiger partial charge in [-0.15, -0.1) is 0 Å². The van der Waals surface area contributed by atoms with Crippen LogP contribution in [-0.4, -0.2) is 26.6 Å². The number of halogens is 1. The average Bonchev–Trinajstić information content (AvgIpc) is 2.78. The molecule has 0 aromatic carbocycles. The summed E-state index contributed by atoms with van der Waals surface area (Å²) >= 11 is 5.89. The van der Waals surface area contributed by atoms with Crippen molar-refractivity contribution in [1.82, 2.24) is 15.0 Å². The Morgan fingerprint density at radius 3 is 2.50 bits per heavy atom. The lowest BCUT2D eigenvalue weighted by Gasteiger charge is -2.19. The molecular weight excluding hydrogens is 280 g/mol. The number of rotatable bonds is 2. The van der Waals surface area contributed by atoms with Gasteiger partial charge < -0.3 is 4.74 Å². The monoisotopic (exact) mass is 298 g/mol. The van der Waals surface area contributed by atoms with Crippen LogP contribution in [0.15, 0.2) is 0 Å². The summed E-state index contributed by atoms with van der Waals surface area (Å²) in [5.41, 5.74) is -0.574. The summed E-state index contributed by atoms with van der Waals surface area (Å²) in [6.07, 6.45) is 3.83. The van der Waals surface area contributed by atoms with Crippen LogP contribution in [0.5, 0.6) is 0 Å². The Balaban J connectivity index is 2.09. The fourth-order valence-corrected chi connectivity index (χ4v) is 2.35. The van der Waals surface area contributed by atoms with Crippen molar-refractivity contribution in [2.75, 3.05) is 5.32 Å². The summed E-state index contributed by atoms with van der Waals surface area (Å²) < 4.78 is 5.15. The molecule has 0 bridgehead atoms. The van der Waals surface area contributed by atoms with E-state index in [1.807, 2.05) is 0 Å². The first-order valence-corrected chi connectivity index (χ1v) is 7.13. The molecule has 0 saturated heterocycles. The van der Waals surface area contributed by atoms with E-state index >= 15 is 0 Å². The number of carbonyl (C=O) groups excluding carboxylic acids is 1. The van der Waals surface area contributed by atoms with Gasteiger partial charge in [-0.3, -0.25) is 5.32 Å². The topological polar surface area (TPSA) is 77.0 Å². The van der Waals surface area contributed by atoms with Crippen molar-refractivity contribution in [2.24, 2.45) is 0 Å². The SMILES string of the molecule is CC(C)(C)OC(=O)Nc1nc(Cl)nc(C2CCCC2)n1. The van der Waals surface area contributed by atoms with Crippen LogP contribution in [0.4, 0.5) is 10.7 Å². The summed E-state index contributed by atoms with van der Waals surface area (Å²) in [7, 11) is 0. The molecule has 1 amide bonds. The predicted octanol–water partition coefficient (Wildman–Crippen LogP) is 3.53. The van der Waals surface area contributed by atoms with Gasteiger partial charge in [0.15, 0.2) is 0 Å². The fourth-order valence-electron chi connectivity index (χ4n) is 2.18. The predicted molar refractivity (Wildman–Crippen MR) is 75.9 cm³/mol. The van der Waals surface area contributed by atoms with Crippen molar-refractivity contribution in [3.63, 3.8) is 0 Å². The maximum Gasteiger partial charge on any atom is 0.414 e. The zero-order chi connectivity index (χ0) is 14.8. The average molecular weight is 299 g/mol. The van der Waals surface area contributed by atoms with E-state index in [4.69, 9.17) is 16.3 Å². The lowest BCUT2D eigenvalue weighted by atomic mass is 10.1. The molecule has 1 heterocycles. The van der Waals surface area contributed by atoms with E-state index in [0.29, 0.717) is 11.7 Å². The number of nitrogens with zero attached hydrogens (tertiary/aromatic N) is 3. The van der Waals surface area contributed by atoms with Gasteiger partial charge in [0.05, 0.1) is 0 Å². The molecule has 0 radical (unpaired) electrons. The summed E-state index contributed by atoms with van der Waals surface area (Å²) in [5.74, 6) is 1.09. The van der Waals surface area contributed by atoms with Crippen molar-refractivity contribution < 1.29 is 9.53 Å². The molecule has 20 heavy (non-hydrogen) atoms. The molecule has 7 heteroatoms. The molecule has 1 fully saturated rings. The van der Waals surface area contributed by atoms with Gasteiger partial charge in [0.1, 0.15) is 11.4 Å². The molecule has 6 nitrogen and oxygen atoms in total. The van der Waals surface area contributed by atoms with E-state index in [-0.39, 0.29) is 11.2 Å². The van der Waals surface area contributed by atoms with Crippen molar-refractivity contribution in [3.05, 3.63) is 11.1 Å². The van der Waals surface area contributed by atoms with Crippen LogP contribution in [0.1, 0.15) is 58.2 Å². The first-order chi connectivity index (χ1) is 9.33. The number of hydrogen-bond acceptors (Lipinski definition) is 5. The van der Waals surface area contributed by atoms with Crippen LogP contribution >= 0.6 is 11.6 Å². The van der Waals surface area contributed by atoms with E-state index in [9.17, 15) is 4.79 Å². The molecule has 1 N–H and O–H groups in total. The van der Waals surface area contributed by atoms with Crippen LogP contribution in [0.3, 0.4) is 0 Å². The van der Waals surface area contributed by atoms with E-state index in [2.05, 4.69) is 20.3 Å². The minimum absolute atomic E-state index is 0.0907. The Morgan fingerprint density at radius 1 is 1.25 bits per heavy atom. The Hall–Kier alpha value is -1.43. The number of amides is 1. The highest BCUT2D eigenvalue weighted by atomic mass is 35.5. The van der Waals surface area contributed by atoms with Gasteiger partial charge >= 0.3 is 6.09 Å². The van der Waals surface area contributed by atoms with Crippen LogP contribution in [-0.2, 0) is 4.74 Å². The van der Waals surface area contributed by atoms with Gasteiger partial charge in [-0.2, -0.15) is 9.97 Å². The molecule has 0 spiro atoms. The lowest BCUT2D eigenvalue weighted by Crippen LogP contribution is -2.28. The maximum atomic E-state index is 11.7. The molecule has 1 aromatic rings. The number of ether oxygens (including phenoxy) is 1. The zero-order valence-corrected chi connectivity index (χ0v) is 12.7. The van der Waals surface area contributed by atoms with Crippen LogP contribution < -0.4 is 5.32 Å². The van der Waals surface area contributed by atoms with Crippen molar-refractivity contribution in [2.45, 2.75) is 58.0 Å². The molecular formula is C13H19ClN4O2. The number of anilines is 1. The molecule has 110 valence electrons. The van der Waals surface area contributed by atoms with Crippen molar-refractivity contribution in [1.29, 1.82) is 0 Å².